The number of para-hydroxylation sites is 1. The molecule has 1 N–H and O–H groups in total. The summed E-state index contributed by atoms with van der Waals surface area (Å²) in [6.07, 6.45) is 0.348. The fourth-order valence-electron chi connectivity index (χ4n) is 3.42. The van der Waals surface area contributed by atoms with Gasteiger partial charge in [-0.25, -0.2) is 4.31 Å². The molecule has 0 bridgehead atoms. The number of amides is 2. The van der Waals surface area contributed by atoms with Crippen LogP contribution >= 0.6 is 11.6 Å². The van der Waals surface area contributed by atoms with E-state index in [9.17, 15) is 18.0 Å². The highest BCUT2D eigenvalue weighted by Gasteiger charge is 2.34. The van der Waals surface area contributed by atoms with Gasteiger partial charge in [-0.05, 0) is 44.0 Å². The topological polar surface area (TPSA) is 90.0 Å². The van der Waals surface area contributed by atoms with Crippen molar-refractivity contribution >= 4 is 39.3 Å². The summed E-state index contributed by atoms with van der Waals surface area (Å²) in [5.41, 5.74) is 1.01. The van der Waals surface area contributed by atoms with Crippen LogP contribution in [-0.2, 0) is 26.3 Å². The second-order valence-electron chi connectivity index (χ2n) is 8.33. The first kappa shape index (κ1) is 27.6. The van der Waals surface area contributed by atoms with E-state index < -0.39 is 28.7 Å². The second kappa shape index (κ2) is 12.2. The first-order valence-electron chi connectivity index (χ1n) is 11.1. The Morgan fingerprint density at radius 2 is 1.59 bits per heavy atom. The van der Waals surface area contributed by atoms with Gasteiger partial charge in [0, 0.05) is 31.7 Å². The zero-order chi connectivity index (χ0) is 25.5. The Morgan fingerprint density at radius 1 is 1.00 bits per heavy atom. The Kier molecular flexibility index (Phi) is 9.90. The van der Waals surface area contributed by atoms with E-state index in [4.69, 9.17) is 11.6 Å². The first-order chi connectivity index (χ1) is 16.0. The molecule has 186 valence electrons. The third kappa shape index (κ3) is 6.94. The molecule has 0 spiro atoms. The largest absolute Gasteiger partial charge is 0.352 e. The van der Waals surface area contributed by atoms with Gasteiger partial charge in [0.2, 0.25) is 11.8 Å². The van der Waals surface area contributed by atoms with Crippen molar-refractivity contribution in [1.82, 2.24) is 14.5 Å². The van der Waals surface area contributed by atoms with E-state index in [-0.39, 0.29) is 18.5 Å². The van der Waals surface area contributed by atoms with Crippen LogP contribution in [0.1, 0.15) is 32.8 Å². The molecule has 8 nitrogen and oxygen atoms in total. The van der Waals surface area contributed by atoms with Crippen LogP contribution < -0.4 is 9.62 Å². The molecule has 2 amide bonds. The Bertz CT molecular complexity index is 1080. The third-order valence-electron chi connectivity index (χ3n) is 5.18. The average molecular weight is 509 g/mol. The summed E-state index contributed by atoms with van der Waals surface area (Å²) < 4.78 is 28.3. The molecule has 0 saturated heterocycles. The zero-order valence-corrected chi connectivity index (χ0v) is 21.8. The average Bonchev–Trinajstić information content (AvgIpc) is 2.78. The van der Waals surface area contributed by atoms with Crippen molar-refractivity contribution in [2.45, 2.75) is 45.8 Å². The molecular formula is C24H33ClN4O4S. The molecular weight excluding hydrogens is 476 g/mol. The SMILES string of the molecule is CCC(C(=O)NC(C)C)N(Cc1ccccc1Cl)C(=O)CN(c1ccccc1)S(=O)(=O)N(C)C. The van der Waals surface area contributed by atoms with Gasteiger partial charge in [0.15, 0.2) is 0 Å². The molecule has 34 heavy (non-hydrogen) atoms. The minimum absolute atomic E-state index is 0.0627. The fourth-order valence-corrected chi connectivity index (χ4v) is 4.67. The number of rotatable bonds is 11. The number of nitrogens with one attached hydrogen (secondary N) is 1. The molecule has 0 saturated carbocycles. The van der Waals surface area contributed by atoms with Gasteiger partial charge in [-0.2, -0.15) is 12.7 Å². The summed E-state index contributed by atoms with van der Waals surface area (Å²) in [7, 11) is -1.17. The van der Waals surface area contributed by atoms with E-state index in [1.807, 2.05) is 20.8 Å². The van der Waals surface area contributed by atoms with Crippen LogP contribution in [0, 0.1) is 0 Å². The van der Waals surface area contributed by atoms with Gasteiger partial charge >= 0.3 is 10.2 Å². The van der Waals surface area contributed by atoms with Crippen molar-refractivity contribution in [3.8, 4) is 0 Å². The predicted molar refractivity (Wildman–Crippen MR) is 136 cm³/mol. The highest BCUT2D eigenvalue weighted by Crippen LogP contribution is 2.23. The van der Waals surface area contributed by atoms with E-state index in [0.717, 1.165) is 8.61 Å². The van der Waals surface area contributed by atoms with Gasteiger partial charge < -0.3 is 10.2 Å². The third-order valence-corrected chi connectivity index (χ3v) is 7.37. The molecule has 0 heterocycles. The number of hydrogen-bond donors (Lipinski definition) is 1. The van der Waals surface area contributed by atoms with E-state index in [2.05, 4.69) is 5.32 Å². The van der Waals surface area contributed by atoms with Gasteiger partial charge in [0.25, 0.3) is 0 Å². The lowest BCUT2D eigenvalue weighted by Crippen LogP contribution is -2.54. The minimum atomic E-state index is -3.98. The summed E-state index contributed by atoms with van der Waals surface area (Å²) in [6.45, 7) is 5.08. The maximum absolute atomic E-state index is 13.7. The van der Waals surface area contributed by atoms with Crippen LogP contribution in [0.2, 0.25) is 5.02 Å². The van der Waals surface area contributed by atoms with Crippen LogP contribution in [-0.4, -0.2) is 62.2 Å². The van der Waals surface area contributed by atoms with Crippen LogP contribution in [0.3, 0.4) is 0 Å². The summed E-state index contributed by atoms with van der Waals surface area (Å²) >= 11 is 6.35. The van der Waals surface area contributed by atoms with E-state index in [0.29, 0.717) is 22.7 Å². The van der Waals surface area contributed by atoms with Gasteiger partial charge in [-0.15, -0.1) is 0 Å². The summed E-state index contributed by atoms with van der Waals surface area (Å²) in [4.78, 5) is 28.1. The molecule has 0 aliphatic heterocycles. The van der Waals surface area contributed by atoms with Crippen molar-refractivity contribution in [1.29, 1.82) is 0 Å². The van der Waals surface area contributed by atoms with Gasteiger partial charge in [0.05, 0.1) is 5.69 Å². The van der Waals surface area contributed by atoms with Crippen molar-refractivity contribution in [2.75, 3.05) is 24.9 Å². The second-order valence-corrected chi connectivity index (χ2v) is 10.8. The van der Waals surface area contributed by atoms with Crippen LogP contribution in [0.4, 0.5) is 5.69 Å². The Morgan fingerprint density at radius 3 is 2.12 bits per heavy atom. The molecule has 0 radical (unpaired) electrons. The van der Waals surface area contributed by atoms with Crippen LogP contribution in [0.25, 0.3) is 0 Å². The lowest BCUT2D eigenvalue weighted by molar-refractivity contribution is -0.140. The number of anilines is 1. The summed E-state index contributed by atoms with van der Waals surface area (Å²) in [5, 5.41) is 3.32. The maximum atomic E-state index is 13.7. The quantitative estimate of drug-likeness (QED) is 0.504. The van der Waals surface area contributed by atoms with Crippen LogP contribution in [0.15, 0.2) is 54.6 Å². The lowest BCUT2D eigenvalue weighted by atomic mass is 10.1. The fraction of sp³-hybridized carbons (Fsp3) is 0.417. The van der Waals surface area contributed by atoms with Crippen molar-refractivity contribution in [3.05, 3.63) is 65.2 Å². The number of halogens is 1. The monoisotopic (exact) mass is 508 g/mol. The summed E-state index contributed by atoms with van der Waals surface area (Å²) in [6, 6.07) is 14.5. The minimum Gasteiger partial charge on any atom is -0.352 e. The number of nitrogens with zero attached hydrogens (tertiary/aromatic N) is 3. The highest BCUT2D eigenvalue weighted by atomic mass is 35.5. The maximum Gasteiger partial charge on any atom is 0.304 e. The molecule has 10 heteroatoms. The van der Waals surface area contributed by atoms with Gasteiger partial charge in [-0.1, -0.05) is 54.9 Å². The predicted octanol–water partition coefficient (Wildman–Crippen LogP) is 3.28. The van der Waals surface area contributed by atoms with Crippen LogP contribution in [0.5, 0.6) is 0 Å². The molecule has 0 fully saturated rings. The summed E-state index contributed by atoms with van der Waals surface area (Å²) in [5.74, 6) is -0.820. The standard InChI is InChI=1S/C24H33ClN4O4S/c1-6-22(24(31)26-18(2)3)28(16-19-12-10-11-15-21(19)25)23(30)17-29(34(32,33)27(4)5)20-13-8-7-9-14-20/h7-15,18,22H,6,16-17H2,1-5H3,(H,26,31). The van der Waals surface area contributed by atoms with Crippen molar-refractivity contribution in [3.63, 3.8) is 0 Å². The van der Waals surface area contributed by atoms with Crippen molar-refractivity contribution < 1.29 is 18.0 Å². The normalized spacial score (nSPS) is 12.5. The smallest absolute Gasteiger partial charge is 0.304 e. The zero-order valence-electron chi connectivity index (χ0n) is 20.2. The highest BCUT2D eigenvalue weighted by molar-refractivity contribution is 7.90. The van der Waals surface area contributed by atoms with Gasteiger partial charge in [0.1, 0.15) is 12.6 Å². The molecule has 1 atom stereocenters. The molecule has 0 aliphatic carbocycles. The number of carbonyl (C=O) groups excluding carboxylic acids is 2. The molecule has 2 aromatic carbocycles. The number of benzene rings is 2. The molecule has 1 unspecified atom stereocenters. The first-order valence-corrected chi connectivity index (χ1v) is 12.8. The van der Waals surface area contributed by atoms with E-state index >= 15 is 0 Å². The lowest BCUT2D eigenvalue weighted by Gasteiger charge is -2.34. The van der Waals surface area contributed by atoms with E-state index in [1.54, 1.807) is 54.6 Å². The molecule has 0 aromatic heterocycles. The Labute approximate surface area is 207 Å². The van der Waals surface area contributed by atoms with Gasteiger partial charge in [-0.3, -0.25) is 9.59 Å². The Hall–Kier alpha value is -2.62. The number of carbonyl (C=O) groups is 2. The van der Waals surface area contributed by atoms with Crippen molar-refractivity contribution in [2.24, 2.45) is 0 Å². The molecule has 2 aromatic rings. The number of hydrogen-bond acceptors (Lipinski definition) is 4. The Balaban J connectivity index is 2.49. The molecule has 2 rings (SSSR count). The molecule has 0 aliphatic rings. The van der Waals surface area contributed by atoms with E-state index in [1.165, 1.54) is 19.0 Å².